The lowest BCUT2D eigenvalue weighted by Crippen LogP contribution is -2.18. The second kappa shape index (κ2) is 6.74. The highest BCUT2D eigenvalue weighted by Gasteiger charge is 2.11. The summed E-state index contributed by atoms with van der Waals surface area (Å²) in [4.78, 5) is 20.4. The first kappa shape index (κ1) is 15.5. The standard InChI is InChI=1S/C14H13N3O5/c18-15(9-11-3-1-5-13(7-11)16(19)20)10-12-4-2-6-14(8-12)17(21)22/h1-8,18H,9-10H2. The molecular weight excluding hydrogens is 290 g/mol. The van der Waals surface area contributed by atoms with Crippen molar-refractivity contribution in [2.75, 3.05) is 0 Å². The third kappa shape index (κ3) is 4.08. The van der Waals surface area contributed by atoms with E-state index in [1.54, 1.807) is 12.1 Å². The summed E-state index contributed by atoms with van der Waals surface area (Å²) < 4.78 is 0. The summed E-state index contributed by atoms with van der Waals surface area (Å²) in [5.41, 5.74) is 1.03. The van der Waals surface area contributed by atoms with Crippen molar-refractivity contribution in [1.82, 2.24) is 5.06 Å². The smallest absolute Gasteiger partial charge is 0.269 e. The molecule has 0 bridgehead atoms. The van der Waals surface area contributed by atoms with Gasteiger partial charge in [0.25, 0.3) is 11.4 Å². The summed E-state index contributed by atoms with van der Waals surface area (Å²) >= 11 is 0. The first-order chi connectivity index (χ1) is 10.5. The number of hydrogen-bond donors (Lipinski definition) is 1. The molecule has 8 nitrogen and oxygen atoms in total. The lowest BCUT2D eigenvalue weighted by molar-refractivity contribution is -0.385. The maximum atomic E-state index is 10.7. The summed E-state index contributed by atoms with van der Waals surface area (Å²) in [5, 5.41) is 32.2. The average molecular weight is 303 g/mol. The molecule has 0 radical (unpaired) electrons. The Morgan fingerprint density at radius 3 is 1.64 bits per heavy atom. The van der Waals surface area contributed by atoms with E-state index in [9.17, 15) is 25.4 Å². The molecule has 0 aliphatic heterocycles. The Balaban J connectivity index is 2.05. The SMILES string of the molecule is O=[N+]([O-])c1cccc(CN(O)Cc2cccc([N+](=O)[O-])c2)c1. The molecule has 0 atom stereocenters. The zero-order valence-electron chi connectivity index (χ0n) is 11.5. The van der Waals surface area contributed by atoms with Crippen LogP contribution >= 0.6 is 0 Å². The molecule has 0 saturated heterocycles. The molecule has 0 spiro atoms. The van der Waals surface area contributed by atoms with Gasteiger partial charge in [0.05, 0.1) is 9.85 Å². The molecule has 0 aliphatic carbocycles. The topological polar surface area (TPSA) is 110 Å². The molecular formula is C14H13N3O5. The Bertz CT molecular complexity index is 645. The average Bonchev–Trinajstić information content (AvgIpc) is 2.47. The third-order valence-electron chi connectivity index (χ3n) is 2.97. The summed E-state index contributed by atoms with van der Waals surface area (Å²) in [6.45, 7) is 0.148. The number of hydroxylamine groups is 2. The zero-order valence-corrected chi connectivity index (χ0v) is 11.5. The molecule has 0 heterocycles. The van der Waals surface area contributed by atoms with Crippen LogP contribution in [0.2, 0.25) is 0 Å². The number of nitro benzene ring substituents is 2. The Morgan fingerprint density at radius 1 is 0.864 bits per heavy atom. The molecule has 1 N–H and O–H groups in total. The Morgan fingerprint density at radius 2 is 1.27 bits per heavy atom. The van der Waals surface area contributed by atoms with Gasteiger partial charge in [-0.25, -0.2) is 0 Å². The fraction of sp³-hybridized carbons (Fsp3) is 0.143. The number of rotatable bonds is 6. The largest absolute Gasteiger partial charge is 0.313 e. The summed E-state index contributed by atoms with van der Waals surface area (Å²) in [6, 6.07) is 11.9. The molecule has 2 rings (SSSR count). The minimum atomic E-state index is -0.508. The van der Waals surface area contributed by atoms with Crippen molar-refractivity contribution in [1.29, 1.82) is 0 Å². The van der Waals surface area contributed by atoms with E-state index in [0.717, 1.165) is 5.06 Å². The van der Waals surface area contributed by atoms with Crippen molar-refractivity contribution >= 4 is 11.4 Å². The van der Waals surface area contributed by atoms with Crippen molar-refractivity contribution in [3.63, 3.8) is 0 Å². The van der Waals surface area contributed by atoms with Crippen LogP contribution in [-0.2, 0) is 13.1 Å². The van der Waals surface area contributed by atoms with Gasteiger partial charge in [0.15, 0.2) is 0 Å². The highest BCUT2D eigenvalue weighted by Crippen LogP contribution is 2.17. The molecule has 0 saturated carbocycles. The normalized spacial score (nSPS) is 10.6. The molecule has 2 aromatic carbocycles. The van der Waals surface area contributed by atoms with Crippen molar-refractivity contribution in [3.8, 4) is 0 Å². The van der Waals surface area contributed by atoms with Gasteiger partial charge in [0.2, 0.25) is 0 Å². The highest BCUT2D eigenvalue weighted by atomic mass is 16.6. The molecule has 0 unspecified atom stereocenters. The van der Waals surface area contributed by atoms with E-state index in [1.165, 1.54) is 36.4 Å². The molecule has 2 aromatic rings. The fourth-order valence-corrected chi connectivity index (χ4v) is 2.01. The Hall–Kier alpha value is -2.84. The molecule has 114 valence electrons. The van der Waals surface area contributed by atoms with Crippen LogP contribution in [0.3, 0.4) is 0 Å². The fourth-order valence-electron chi connectivity index (χ4n) is 2.01. The number of non-ortho nitro benzene ring substituents is 2. The number of nitro groups is 2. The molecule has 22 heavy (non-hydrogen) atoms. The predicted molar refractivity (Wildman–Crippen MR) is 77.2 cm³/mol. The van der Waals surface area contributed by atoms with Gasteiger partial charge >= 0.3 is 0 Å². The number of hydrogen-bond acceptors (Lipinski definition) is 6. The van der Waals surface area contributed by atoms with E-state index in [4.69, 9.17) is 0 Å². The lowest BCUT2D eigenvalue weighted by Gasteiger charge is -2.14. The van der Waals surface area contributed by atoms with Gasteiger partial charge in [0.1, 0.15) is 0 Å². The van der Waals surface area contributed by atoms with E-state index in [2.05, 4.69) is 0 Å². The summed E-state index contributed by atoms with van der Waals surface area (Å²) in [6.07, 6.45) is 0. The molecule has 0 aromatic heterocycles. The van der Waals surface area contributed by atoms with E-state index in [-0.39, 0.29) is 24.5 Å². The second-order valence-electron chi connectivity index (χ2n) is 4.68. The monoisotopic (exact) mass is 303 g/mol. The minimum absolute atomic E-state index is 0.0544. The van der Waals surface area contributed by atoms with Crippen LogP contribution in [0.5, 0.6) is 0 Å². The summed E-state index contributed by atoms with van der Waals surface area (Å²) in [7, 11) is 0. The van der Waals surface area contributed by atoms with Crippen LogP contribution in [0.1, 0.15) is 11.1 Å². The van der Waals surface area contributed by atoms with Crippen LogP contribution in [0.15, 0.2) is 48.5 Å². The Labute approximate surface area is 125 Å². The van der Waals surface area contributed by atoms with Gasteiger partial charge in [-0.05, 0) is 11.1 Å². The molecule has 8 heteroatoms. The predicted octanol–water partition coefficient (Wildman–Crippen LogP) is 2.89. The molecule has 0 fully saturated rings. The molecule has 0 amide bonds. The van der Waals surface area contributed by atoms with Crippen LogP contribution < -0.4 is 0 Å². The van der Waals surface area contributed by atoms with Crippen LogP contribution in [0.25, 0.3) is 0 Å². The van der Waals surface area contributed by atoms with E-state index >= 15 is 0 Å². The quantitative estimate of drug-likeness (QED) is 0.649. The lowest BCUT2D eigenvalue weighted by atomic mass is 10.1. The number of nitrogens with zero attached hydrogens (tertiary/aromatic N) is 3. The van der Waals surface area contributed by atoms with Crippen molar-refractivity contribution in [2.24, 2.45) is 0 Å². The van der Waals surface area contributed by atoms with Gasteiger partial charge in [-0.2, -0.15) is 5.06 Å². The van der Waals surface area contributed by atoms with Gasteiger partial charge in [0, 0.05) is 37.4 Å². The van der Waals surface area contributed by atoms with Crippen LogP contribution in [0, 0.1) is 20.2 Å². The highest BCUT2D eigenvalue weighted by molar-refractivity contribution is 5.35. The van der Waals surface area contributed by atoms with E-state index in [0.29, 0.717) is 11.1 Å². The van der Waals surface area contributed by atoms with Gasteiger partial charge in [-0.15, -0.1) is 0 Å². The van der Waals surface area contributed by atoms with Crippen LogP contribution in [-0.4, -0.2) is 20.1 Å². The summed E-state index contributed by atoms with van der Waals surface area (Å²) in [5.74, 6) is 0. The van der Waals surface area contributed by atoms with Gasteiger partial charge < -0.3 is 5.21 Å². The zero-order chi connectivity index (χ0) is 16.1. The Kier molecular flexibility index (Phi) is 4.77. The first-order valence-electron chi connectivity index (χ1n) is 6.36. The van der Waals surface area contributed by atoms with Crippen LogP contribution in [0.4, 0.5) is 11.4 Å². The second-order valence-corrected chi connectivity index (χ2v) is 4.68. The third-order valence-corrected chi connectivity index (χ3v) is 2.97. The first-order valence-corrected chi connectivity index (χ1v) is 6.36. The maximum absolute atomic E-state index is 10.7. The van der Waals surface area contributed by atoms with Crippen molar-refractivity contribution in [3.05, 3.63) is 79.9 Å². The minimum Gasteiger partial charge on any atom is -0.313 e. The number of benzene rings is 2. The van der Waals surface area contributed by atoms with Gasteiger partial charge in [-0.3, -0.25) is 20.2 Å². The van der Waals surface area contributed by atoms with E-state index < -0.39 is 9.85 Å². The van der Waals surface area contributed by atoms with Crippen molar-refractivity contribution < 1.29 is 15.1 Å². The van der Waals surface area contributed by atoms with E-state index in [1.807, 2.05) is 0 Å². The van der Waals surface area contributed by atoms with Crippen molar-refractivity contribution in [2.45, 2.75) is 13.1 Å². The molecule has 0 aliphatic rings. The van der Waals surface area contributed by atoms with Gasteiger partial charge in [-0.1, -0.05) is 24.3 Å². The maximum Gasteiger partial charge on any atom is 0.269 e.